The Morgan fingerprint density at radius 3 is 1.84 bits per heavy atom. The minimum atomic E-state index is -4.04. The SMILES string of the molecule is C/C(=C(/F)C(=O)O)c1ccc(C(C)(C)C)cc1.CCOC(=O)C(F)P(=O)(OCC)OCC. The summed E-state index contributed by atoms with van der Waals surface area (Å²) in [6, 6.07) is 7.29. The smallest absolute Gasteiger partial charge is 0.376 e. The van der Waals surface area contributed by atoms with E-state index in [-0.39, 0.29) is 30.8 Å². The molecule has 32 heavy (non-hydrogen) atoms. The highest BCUT2D eigenvalue weighted by atomic mass is 31.2. The largest absolute Gasteiger partial charge is 0.476 e. The van der Waals surface area contributed by atoms with Gasteiger partial charge in [0.2, 0.25) is 5.83 Å². The lowest BCUT2D eigenvalue weighted by atomic mass is 9.86. The Balaban J connectivity index is 0.000000607. The molecule has 1 unspecified atom stereocenters. The van der Waals surface area contributed by atoms with Crippen molar-refractivity contribution in [3.8, 4) is 0 Å². The maximum absolute atomic E-state index is 13.4. The molecule has 0 amide bonds. The zero-order valence-electron chi connectivity index (χ0n) is 19.6. The fourth-order valence-electron chi connectivity index (χ4n) is 2.38. The van der Waals surface area contributed by atoms with Gasteiger partial charge >= 0.3 is 19.5 Å². The van der Waals surface area contributed by atoms with E-state index in [2.05, 4.69) is 34.6 Å². The van der Waals surface area contributed by atoms with Crippen LogP contribution in [0.5, 0.6) is 0 Å². The third-order valence-electron chi connectivity index (χ3n) is 4.08. The van der Waals surface area contributed by atoms with Gasteiger partial charge < -0.3 is 18.9 Å². The van der Waals surface area contributed by atoms with Crippen molar-refractivity contribution >= 4 is 25.1 Å². The average Bonchev–Trinajstić information content (AvgIpc) is 2.72. The highest BCUT2D eigenvalue weighted by Crippen LogP contribution is 2.54. The molecule has 1 aromatic carbocycles. The molecule has 0 fully saturated rings. The van der Waals surface area contributed by atoms with E-state index in [9.17, 15) is 22.9 Å². The summed E-state index contributed by atoms with van der Waals surface area (Å²) in [5.41, 5.74) is 1.90. The molecule has 0 aliphatic rings. The van der Waals surface area contributed by atoms with Gasteiger partial charge in [0.25, 0.3) is 5.91 Å². The minimum absolute atomic E-state index is 0.00287. The summed E-state index contributed by atoms with van der Waals surface area (Å²) < 4.78 is 52.1. The highest BCUT2D eigenvalue weighted by Gasteiger charge is 2.42. The first kappa shape index (κ1) is 29.9. The molecule has 1 rings (SSSR count). The predicted molar refractivity (Wildman–Crippen MR) is 119 cm³/mol. The second-order valence-corrected chi connectivity index (χ2v) is 9.58. The summed E-state index contributed by atoms with van der Waals surface area (Å²) in [4.78, 5) is 21.5. The van der Waals surface area contributed by atoms with E-state index < -0.39 is 31.3 Å². The Kier molecular flexibility index (Phi) is 12.6. The van der Waals surface area contributed by atoms with E-state index in [0.29, 0.717) is 5.56 Å². The number of carbonyl (C=O) groups is 2. The van der Waals surface area contributed by atoms with Crippen LogP contribution in [0.15, 0.2) is 30.1 Å². The number of benzene rings is 1. The van der Waals surface area contributed by atoms with Gasteiger partial charge in [-0.15, -0.1) is 0 Å². The molecule has 1 atom stereocenters. The van der Waals surface area contributed by atoms with E-state index >= 15 is 0 Å². The molecule has 7 nitrogen and oxygen atoms in total. The number of aliphatic carboxylic acids is 1. The van der Waals surface area contributed by atoms with Gasteiger partial charge in [0.15, 0.2) is 0 Å². The molecule has 10 heteroatoms. The second-order valence-electron chi connectivity index (χ2n) is 7.53. The molecule has 0 radical (unpaired) electrons. The number of carboxylic acid groups (broad SMARTS) is 1. The van der Waals surface area contributed by atoms with Gasteiger partial charge in [0.05, 0.1) is 19.8 Å². The van der Waals surface area contributed by atoms with Crippen molar-refractivity contribution in [2.24, 2.45) is 0 Å². The molecule has 0 bridgehead atoms. The first-order chi connectivity index (χ1) is 14.7. The van der Waals surface area contributed by atoms with Crippen molar-refractivity contribution in [3.05, 3.63) is 41.2 Å². The first-order valence-corrected chi connectivity index (χ1v) is 11.8. The lowest BCUT2D eigenvalue weighted by Gasteiger charge is -2.19. The fourth-order valence-corrected chi connectivity index (χ4v) is 3.76. The van der Waals surface area contributed by atoms with Crippen molar-refractivity contribution in [2.75, 3.05) is 19.8 Å². The van der Waals surface area contributed by atoms with Crippen LogP contribution >= 0.6 is 7.60 Å². The molecule has 0 aliphatic carbocycles. The van der Waals surface area contributed by atoms with Crippen molar-refractivity contribution in [3.63, 3.8) is 0 Å². The number of rotatable bonds is 9. The van der Waals surface area contributed by atoms with Gasteiger partial charge in [-0.25, -0.2) is 14.0 Å². The van der Waals surface area contributed by atoms with Crippen molar-refractivity contribution in [2.45, 2.75) is 59.8 Å². The van der Waals surface area contributed by atoms with Gasteiger partial charge in [-0.2, -0.15) is 4.39 Å². The standard InChI is InChI=1S/C14H17FO2.C8H16FO5P/c1-9(12(15)13(16)17)10-5-7-11(8-6-10)14(2,3)4;1-4-12-8(10)7(9)15(11,13-5-2)14-6-3/h5-8H,1-4H3,(H,16,17);7H,4-6H2,1-3H3/b12-9-;. The number of hydrogen-bond acceptors (Lipinski definition) is 6. The quantitative estimate of drug-likeness (QED) is 0.269. The zero-order valence-corrected chi connectivity index (χ0v) is 20.5. The van der Waals surface area contributed by atoms with Crippen molar-refractivity contribution < 1.29 is 41.8 Å². The molecular weight excluding hydrogens is 445 g/mol. The number of hydrogen-bond donors (Lipinski definition) is 1. The molecule has 182 valence electrons. The molecule has 0 spiro atoms. The van der Waals surface area contributed by atoms with Crippen LogP contribution in [0.25, 0.3) is 5.57 Å². The van der Waals surface area contributed by atoms with Crippen LogP contribution in [0.2, 0.25) is 0 Å². The Hall–Kier alpha value is -2.09. The van der Waals surface area contributed by atoms with Gasteiger partial charge in [0.1, 0.15) is 0 Å². The second kappa shape index (κ2) is 13.5. The van der Waals surface area contributed by atoms with E-state index in [0.717, 1.165) is 5.56 Å². The number of allylic oxidation sites excluding steroid dienone is 1. The lowest BCUT2D eigenvalue weighted by Crippen LogP contribution is -2.21. The van der Waals surface area contributed by atoms with Crippen LogP contribution in [0.1, 0.15) is 59.6 Å². The van der Waals surface area contributed by atoms with E-state index in [1.54, 1.807) is 12.1 Å². The summed E-state index contributed by atoms with van der Waals surface area (Å²) in [6.45, 7) is 12.3. The molecule has 0 heterocycles. The summed E-state index contributed by atoms with van der Waals surface area (Å²) in [5, 5.41) is 8.56. The van der Waals surface area contributed by atoms with Gasteiger partial charge in [-0.1, -0.05) is 45.0 Å². The topological polar surface area (TPSA) is 99.1 Å². The molecule has 1 N–H and O–H groups in total. The third-order valence-corrected chi connectivity index (χ3v) is 6.08. The van der Waals surface area contributed by atoms with Crippen LogP contribution in [0.4, 0.5) is 8.78 Å². The molecule has 1 aromatic rings. The van der Waals surface area contributed by atoms with Crippen LogP contribution in [-0.2, 0) is 33.4 Å². The maximum Gasteiger partial charge on any atom is 0.376 e. The number of carboxylic acids is 1. The Labute approximate surface area is 188 Å². The Morgan fingerprint density at radius 1 is 1.03 bits per heavy atom. The van der Waals surface area contributed by atoms with Crippen LogP contribution in [-0.4, -0.2) is 42.8 Å². The van der Waals surface area contributed by atoms with Crippen molar-refractivity contribution in [1.29, 1.82) is 0 Å². The number of carbonyl (C=O) groups excluding carboxylic acids is 1. The minimum Gasteiger partial charge on any atom is -0.476 e. The molecule has 0 aromatic heterocycles. The molecule has 0 aliphatic heterocycles. The summed E-state index contributed by atoms with van der Waals surface area (Å²) in [5.74, 6) is -6.23. The van der Waals surface area contributed by atoms with Crippen LogP contribution in [0, 0.1) is 0 Å². The van der Waals surface area contributed by atoms with Gasteiger partial charge in [-0.3, -0.25) is 4.57 Å². The zero-order chi connectivity index (χ0) is 25.1. The maximum atomic E-state index is 13.4. The molecular formula is C22H33F2O7P. The lowest BCUT2D eigenvalue weighted by molar-refractivity contribution is -0.146. The highest BCUT2D eigenvalue weighted by molar-refractivity contribution is 7.55. The Morgan fingerprint density at radius 2 is 1.50 bits per heavy atom. The van der Waals surface area contributed by atoms with Crippen LogP contribution in [0.3, 0.4) is 0 Å². The number of esters is 1. The number of ether oxygens (including phenoxy) is 1. The van der Waals surface area contributed by atoms with Crippen molar-refractivity contribution in [1.82, 2.24) is 0 Å². The molecule has 0 saturated carbocycles. The number of halogens is 2. The summed E-state index contributed by atoms with van der Waals surface area (Å²) >= 11 is 0. The van der Waals surface area contributed by atoms with E-state index in [4.69, 9.17) is 5.11 Å². The summed E-state index contributed by atoms with van der Waals surface area (Å²) in [6.07, 6.45) is 0. The van der Waals surface area contributed by atoms with E-state index in [1.165, 1.54) is 27.7 Å². The van der Waals surface area contributed by atoms with Gasteiger partial charge in [-0.05, 0) is 49.8 Å². The first-order valence-electron chi connectivity index (χ1n) is 10.1. The Bertz CT molecular complexity index is 820. The normalized spacial score (nSPS) is 13.4. The molecule has 0 saturated heterocycles. The predicted octanol–water partition coefficient (Wildman–Crippen LogP) is 5.88. The van der Waals surface area contributed by atoms with E-state index in [1.807, 2.05) is 12.1 Å². The third kappa shape index (κ3) is 9.18. The average molecular weight is 478 g/mol. The summed E-state index contributed by atoms with van der Waals surface area (Å²) in [7, 11) is -4.04. The van der Waals surface area contributed by atoms with Gasteiger partial charge in [0, 0.05) is 0 Å². The number of alkyl halides is 1. The monoisotopic (exact) mass is 478 g/mol. The van der Waals surface area contributed by atoms with Crippen LogP contribution < -0.4 is 0 Å². The fraction of sp³-hybridized carbons (Fsp3) is 0.545.